The van der Waals surface area contributed by atoms with E-state index in [0.29, 0.717) is 5.92 Å². The van der Waals surface area contributed by atoms with Crippen LogP contribution in [0.25, 0.3) is 0 Å². The molecule has 1 saturated heterocycles. The van der Waals surface area contributed by atoms with E-state index in [1.807, 2.05) is 0 Å². The molecule has 0 unspecified atom stereocenters. The molecular formula is C15H24N2. The fraction of sp³-hybridized carbons (Fsp3) is 0.600. The summed E-state index contributed by atoms with van der Waals surface area (Å²) >= 11 is 0. The van der Waals surface area contributed by atoms with Crippen LogP contribution >= 0.6 is 0 Å². The Balaban J connectivity index is 1.99. The van der Waals surface area contributed by atoms with Gasteiger partial charge in [-0.2, -0.15) is 0 Å². The maximum Gasteiger partial charge on any atom is 0.0385 e. The van der Waals surface area contributed by atoms with Gasteiger partial charge in [-0.15, -0.1) is 0 Å². The van der Waals surface area contributed by atoms with Gasteiger partial charge in [0.15, 0.2) is 0 Å². The average molecular weight is 232 g/mol. The lowest BCUT2D eigenvalue weighted by molar-refractivity contribution is 0.332. The number of hydrogen-bond donors (Lipinski definition) is 1. The predicted octanol–water partition coefficient (Wildman–Crippen LogP) is 3.35. The van der Waals surface area contributed by atoms with E-state index in [-0.39, 0.29) is 0 Å². The molecule has 2 heteroatoms. The second-order valence-electron chi connectivity index (χ2n) is 5.42. The number of rotatable bonds is 5. The highest BCUT2D eigenvalue weighted by molar-refractivity contribution is 5.51. The molecule has 17 heavy (non-hydrogen) atoms. The van der Waals surface area contributed by atoms with Gasteiger partial charge in [0.25, 0.3) is 0 Å². The molecule has 94 valence electrons. The summed E-state index contributed by atoms with van der Waals surface area (Å²) in [5.74, 6) is 0.690. The summed E-state index contributed by atoms with van der Waals surface area (Å²) in [7, 11) is 0. The van der Waals surface area contributed by atoms with Gasteiger partial charge in [-0.1, -0.05) is 32.0 Å². The molecule has 1 aromatic rings. The summed E-state index contributed by atoms with van der Waals surface area (Å²) < 4.78 is 0. The maximum atomic E-state index is 3.56. The summed E-state index contributed by atoms with van der Waals surface area (Å²) in [6, 6.07) is 8.72. The molecule has 1 heterocycles. The fourth-order valence-electron chi connectivity index (χ4n) is 2.33. The molecule has 1 aliphatic rings. The Kier molecular flexibility index (Phi) is 4.43. The van der Waals surface area contributed by atoms with E-state index in [2.05, 4.69) is 48.3 Å². The highest BCUT2D eigenvalue weighted by atomic mass is 15.1. The Morgan fingerprint density at radius 2 is 1.88 bits per heavy atom. The van der Waals surface area contributed by atoms with Crippen molar-refractivity contribution in [3.8, 4) is 0 Å². The van der Waals surface area contributed by atoms with Crippen LogP contribution in [0.3, 0.4) is 0 Å². The van der Waals surface area contributed by atoms with Crippen LogP contribution < -0.4 is 5.32 Å². The number of nitrogens with one attached hydrogen (secondary N) is 1. The Labute approximate surface area is 105 Å². The van der Waals surface area contributed by atoms with Crippen LogP contribution in [0, 0.1) is 5.92 Å². The van der Waals surface area contributed by atoms with Gasteiger partial charge < -0.3 is 5.32 Å². The Morgan fingerprint density at radius 1 is 1.18 bits per heavy atom. The molecule has 0 aliphatic carbocycles. The van der Waals surface area contributed by atoms with Crippen molar-refractivity contribution in [2.75, 3.05) is 25.0 Å². The van der Waals surface area contributed by atoms with Crippen LogP contribution in [0.15, 0.2) is 24.3 Å². The second-order valence-corrected chi connectivity index (χ2v) is 5.42. The Morgan fingerprint density at radius 3 is 2.59 bits per heavy atom. The zero-order valence-corrected chi connectivity index (χ0v) is 11.1. The summed E-state index contributed by atoms with van der Waals surface area (Å²) in [4.78, 5) is 2.55. The van der Waals surface area contributed by atoms with Gasteiger partial charge in [-0.3, -0.25) is 4.90 Å². The quantitative estimate of drug-likeness (QED) is 0.837. The van der Waals surface area contributed by atoms with E-state index in [4.69, 9.17) is 0 Å². The molecule has 1 fully saturated rings. The van der Waals surface area contributed by atoms with E-state index in [1.165, 1.54) is 37.2 Å². The van der Waals surface area contributed by atoms with Crippen LogP contribution in [-0.4, -0.2) is 24.5 Å². The van der Waals surface area contributed by atoms with Gasteiger partial charge in [0, 0.05) is 18.8 Å². The normalized spacial score (nSPS) is 16.6. The van der Waals surface area contributed by atoms with Crippen LogP contribution in [0.1, 0.15) is 32.3 Å². The summed E-state index contributed by atoms with van der Waals surface area (Å²) in [6.45, 7) is 9.17. The zero-order chi connectivity index (χ0) is 12.1. The van der Waals surface area contributed by atoms with Crippen molar-refractivity contribution in [1.82, 2.24) is 4.90 Å². The lowest BCUT2D eigenvalue weighted by Crippen LogP contribution is -2.19. The van der Waals surface area contributed by atoms with Gasteiger partial charge in [-0.25, -0.2) is 0 Å². The average Bonchev–Trinajstić information content (AvgIpc) is 2.80. The molecule has 0 bridgehead atoms. The molecule has 1 aromatic carbocycles. The van der Waals surface area contributed by atoms with Crippen LogP contribution in [0.5, 0.6) is 0 Å². The van der Waals surface area contributed by atoms with E-state index in [0.717, 1.165) is 13.1 Å². The molecule has 2 nitrogen and oxygen atoms in total. The third-order valence-electron chi connectivity index (χ3n) is 3.31. The number of benzene rings is 1. The molecule has 0 radical (unpaired) electrons. The number of para-hydroxylation sites is 1. The smallest absolute Gasteiger partial charge is 0.0385 e. The highest BCUT2D eigenvalue weighted by Gasteiger charge is 2.13. The molecular weight excluding hydrogens is 208 g/mol. The van der Waals surface area contributed by atoms with Gasteiger partial charge in [0.2, 0.25) is 0 Å². The van der Waals surface area contributed by atoms with E-state index in [1.54, 1.807) is 0 Å². The Bertz CT molecular complexity index is 341. The molecule has 2 rings (SSSR count). The SMILES string of the molecule is CC(C)CNc1ccccc1CN1CCCC1. The van der Waals surface area contributed by atoms with E-state index < -0.39 is 0 Å². The minimum absolute atomic E-state index is 0.690. The van der Waals surface area contributed by atoms with Crippen LogP contribution in [-0.2, 0) is 6.54 Å². The predicted molar refractivity (Wildman–Crippen MR) is 74.3 cm³/mol. The van der Waals surface area contributed by atoms with Gasteiger partial charge >= 0.3 is 0 Å². The molecule has 1 aliphatic heterocycles. The molecule has 0 amide bonds. The van der Waals surface area contributed by atoms with Crippen LogP contribution in [0.2, 0.25) is 0 Å². The molecule has 0 atom stereocenters. The lowest BCUT2D eigenvalue weighted by Gasteiger charge is -2.18. The van der Waals surface area contributed by atoms with E-state index in [9.17, 15) is 0 Å². The van der Waals surface area contributed by atoms with Crippen molar-refractivity contribution in [3.63, 3.8) is 0 Å². The van der Waals surface area contributed by atoms with Gasteiger partial charge in [0.1, 0.15) is 0 Å². The highest BCUT2D eigenvalue weighted by Crippen LogP contribution is 2.20. The van der Waals surface area contributed by atoms with Crippen molar-refractivity contribution in [2.45, 2.75) is 33.2 Å². The van der Waals surface area contributed by atoms with Crippen molar-refractivity contribution < 1.29 is 0 Å². The van der Waals surface area contributed by atoms with Gasteiger partial charge in [0.05, 0.1) is 0 Å². The molecule has 0 saturated carbocycles. The van der Waals surface area contributed by atoms with Crippen molar-refractivity contribution in [2.24, 2.45) is 5.92 Å². The first-order valence-electron chi connectivity index (χ1n) is 6.80. The minimum Gasteiger partial charge on any atom is -0.385 e. The van der Waals surface area contributed by atoms with Crippen molar-refractivity contribution >= 4 is 5.69 Å². The Hall–Kier alpha value is -1.02. The van der Waals surface area contributed by atoms with Gasteiger partial charge in [-0.05, 0) is 43.5 Å². The lowest BCUT2D eigenvalue weighted by atomic mass is 10.1. The largest absolute Gasteiger partial charge is 0.385 e. The van der Waals surface area contributed by atoms with Crippen molar-refractivity contribution in [1.29, 1.82) is 0 Å². The van der Waals surface area contributed by atoms with Crippen LogP contribution in [0.4, 0.5) is 5.69 Å². The summed E-state index contributed by atoms with van der Waals surface area (Å²) in [6.07, 6.45) is 2.73. The first-order chi connectivity index (χ1) is 8.25. The monoisotopic (exact) mass is 232 g/mol. The second kappa shape index (κ2) is 6.06. The summed E-state index contributed by atoms with van der Waals surface area (Å²) in [5, 5.41) is 3.56. The fourth-order valence-corrected chi connectivity index (χ4v) is 2.33. The number of anilines is 1. The molecule has 0 aromatic heterocycles. The number of nitrogens with zero attached hydrogens (tertiary/aromatic N) is 1. The molecule has 1 N–H and O–H groups in total. The van der Waals surface area contributed by atoms with Crippen molar-refractivity contribution in [3.05, 3.63) is 29.8 Å². The molecule has 0 spiro atoms. The topological polar surface area (TPSA) is 15.3 Å². The first kappa shape index (κ1) is 12.4. The number of hydrogen-bond acceptors (Lipinski definition) is 2. The third-order valence-corrected chi connectivity index (χ3v) is 3.31. The van der Waals surface area contributed by atoms with E-state index >= 15 is 0 Å². The zero-order valence-electron chi connectivity index (χ0n) is 11.1. The number of likely N-dealkylation sites (tertiary alicyclic amines) is 1. The minimum atomic E-state index is 0.690. The standard InChI is InChI=1S/C15H24N2/c1-13(2)11-16-15-8-4-3-7-14(15)12-17-9-5-6-10-17/h3-4,7-8,13,16H,5-6,9-12H2,1-2H3. The maximum absolute atomic E-state index is 3.56. The summed E-state index contributed by atoms with van der Waals surface area (Å²) in [5.41, 5.74) is 2.75. The third kappa shape index (κ3) is 3.74. The first-order valence-corrected chi connectivity index (χ1v) is 6.80.